The number of carboxylic acids is 1. The fourth-order valence-corrected chi connectivity index (χ4v) is 4.33. The van der Waals surface area contributed by atoms with Crippen molar-refractivity contribution >= 4 is 18.0 Å². The van der Waals surface area contributed by atoms with E-state index in [4.69, 9.17) is 9.84 Å². The number of benzene rings is 2. The third-order valence-corrected chi connectivity index (χ3v) is 6.26. The largest absolute Gasteiger partial charge is 0.480 e. The molecule has 1 aliphatic rings. The summed E-state index contributed by atoms with van der Waals surface area (Å²) in [4.78, 5) is 37.4. The van der Waals surface area contributed by atoms with Gasteiger partial charge in [-0.1, -0.05) is 68.5 Å². The van der Waals surface area contributed by atoms with Gasteiger partial charge in [-0.15, -0.1) is 6.58 Å². The zero-order valence-corrected chi connectivity index (χ0v) is 19.7. The highest BCUT2D eigenvalue weighted by molar-refractivity contribution is 5.82. The maximum Gasteiger partial charge on any atom is 0.407 e. The van der Waals surface area contributed by atoms with Crippen LogP contribution < -0.4 is 5.32 Å². The molecule has 0 radical (unpaired) electrons. The molecule has 0 saturated heterocycles. The molecule has 0 bridgehead atoms. The van der Waals surface area contributed by atoms with Crippen LogP contribution in [-0.4, -0.2) is 54.2 Å². The molecule has 0 heterocycles. The molecule has 1 aliphatic carbocycles. The van der Waals surface area contributed by atoms with Crippen LogP contribution in [0.1, 0.15) is 37.3 Å². The number of amides is 2. The first-order chi connectivity index (χ1) is 16.3. The molecule has 7 heteroatoms. The number of hydrogen-bond acceptors (Lipinski definition) is 4. The molecule has 3 rings (SSSR count). The van der Waals surface area contributed by atoms with Crippen LogP contribution in [0.2, 0.25) is 0 Å². The maximum atomic E-state index is 12.6. The second kappa shape index (κ2) is 11.5. The summed E-state index contributed by atoms with van der Waals surface area (Å²) in [6, 6.07) is 16.3. The van der Waals surface area contributed by atoms with E-state index in [1.165, 1.54) is 11.0 Å². The van der Waals surface area contributed by atoms with Gasteiger partial charge in [-0.05, 0) is 34.1 Å². The lowest BCUT2D eigenvalue weighted by Gasteiger charge is -2.25. The molecule has 34 heavy (non-hydrogen) atoms. The first kappa shape index (κ1) is 25.0. The van der Waals surface area contributed by atoms with Crippen LogP contribution in [0.4, 0.5) is 4.79 Å². The summed E-state index contributed by atoms with van der Waals surface area (Å²) in [6.07, 6.45) is 1.09. The van der Waals surface area contributed by atoms with Gasteiger partial charge in [0.1, 0.15) is 13.2 Å². The molecule has 2 aromatic carbocycles. The van der Waals surface area contributed by atoms with Crippen LogP contribution in [0.25, 0.3) is 11.1 Å². The van der Waals surface area contributed by atoms with Gasteiger partial charge in [0.05, 0.1) is 0 Å². The monoisotopic (exact) mass is 464 g/mol. The average molecular weight is 465 g/mol. The lowest BCUT2D eigenvalue weighted by Crippen LogP contribution is -2.39. The standard InChI is InChI=1S/C27H32N2O5/c1-4-13-29(16-26(31)32)25(30)14-19(18(2)3)15-28-27(33)34-17-24-22-11-7-5-9-20(22)21-10-6-8-12-23(21)24/h4-12,18-19,24H,1,13-17H2,2-3H3,(H,28,33)(H,31,32). The van der Waals surface area contributed by atoms with Crippen molar-refractivity contribution in [2.24, 2.45) is 11.8 Å². The number of alkyl carbamates (subject to hydrolysis) is 1. The summed E-state index contributed by atoms with van der Waals surface area (Å²) in [5.74, 6) is -1.44. The summed E-state index contributed by atoms with van der Waals surface area (Å²) in [7, 11) is 0. The van der Waals surface area contributed by atoms with Crippen molar-refractivity contribution in [2.45, 2.75) is 26.2 Å². The first-order valence-electron chi connectivity index (χ1n) is 11.5. The average Bonchev–Trinajstić information content (AvgIpc) is 3.13. The second-order valence-corrected chi connectivity index (χ2v) is 8.87. The Balaban J connectivity index is 1.56. The third-order valence-electron chi connectivity index (χ3n) is 6.26. The van der Waals surface area contributed by atoms with E-state index in [2.05, 4.69) is 36.2 Å². The quantitative estimate of drug-likeness (QED) is 0.484. The van der Waals surface area contributed by atoms with Crippen LogP contribution in [-0.2, 0) is 14.3 Å². The van der Waals surface area contributed by atoms with Gasteiger partial charge in [-0.2, -0.15) is 0 Å². The lowest BCUT2D eigenvalue weighted by molar-refractivity contribution is -0.144. The normalized spacial score (nSPS) is 13.0. The predicted octanol–water partition coefficient (Wildman–Crippen LogP) is 4.29. The Morgan fingerprint density at radius 3 is 2.21 bits per heavy atom. The Hall–Kier alpha value is -3.61. The van der Waals surface area contributed by atoms with Gasteiger partial charge in [0.25, 0.3) is 0 Å². The first-order valence-corrected chi connectivity index (χ1v) is 11.5. The van der Waals surface area contributed by atoms with E-state index in [0.717, 1.165) is 22.3 Å². The van der Waals surface area contributed by atoms with Crippen LogP contribution in [0, 0.1) is 11.8 Å². The Morgan fingerprint density at radius 1 is 1.09 bits per heavy atom. The van der Waals surface area contributed by atoms with Gasteiger partial charge < -0.3 is 20.1 Å². The van der Waals surface area contributed by atoms with Crippen LogP contribution in [0.3, 0.4) is 0 Å². The molecule has 2 N–H and O–H groups in total. The van der Waals surface area contributed by atoms with E-state index in [9.17, 15) is 14.4 Å². The number of carbonyl (C=O) groups excluding carboxylic acids is 2. The van der Waals surface area contributed by atoms with Gasteiger partial charge in [0.15, 0.2) is 0 Å². The van der Waals surface area contributed by atoms with Gasteiger partial charge in [-0.25, -0.2) is 4.79 Å². The number of aliphatic carboxylic acids is 1. The van der Waals surface area contributed by atoms with Gasteiger partial charge >= 0.3 is 12.1 Å². The summed E-state index contributed by atoms with van der Waals surface area (Å²) in [5, 5.41) is 11.8. The predicted molar refractivity (Wildman–Crippen MR) is 130 cm³/mol. The molecule has 0 saturated carbocycles. The van der Waals surface area contributed by atoms with E-state index in [1.807, 2.05) is 38.1 Å². The Bertz CT molecular complexity index is 1000. The fraction of sp³-hybridized carbons (Fsp3) is 0.370. The third kappa shape index (κ3) is 6.04. The Morgan fingerprint density at radius 2 is 1.68 bits per heavy atom. The zero-order chi connectivity index (χ0) is 24.7. The molecular formula is C27H32N2O5. The second-order valence-electron chi connectivity index (χ2n) is 8.87. The van der Waals surface area contributed by atoms with Crippen molar-refractivity contribution in [3.63, 3.8) is 0 Å². The van der Waals surface area contributed by atoms with Crippen LogP contribution >= 0.6 is 0 Å². The number of nitrogens with one attached hydrogen (secondary N) is 1. The minimum absolute atomic E-state index is 0.0240. The SMILES string of the molecule is C=CCN(CC(=O)O)C(=O)CC(CNC(=O)OCC1c2ccccc2-c2ccccc21)C(C)C. The van der Waals surface area contributed by atoms with Gasteiger partial charge in [0.2, 0.25) is 5.91 Å². The Labute approximate surface area is 200 Å². The van der Waals surface area contributed by atoms with Gasteiger partial charge in [-0.3, -0.25) is 9.59 Å². The molecule has 0 aliphatic heterocycles. The summed E-state index contributed by atoms with van der Waals surface area (Å²) in [6.45, 7) is 7.78. The van der Waals surface area contributed by atoms with Crippen molar-refractivity contribution in [3.05, 3.63) is 72.3 Å². The van der Waals surface area contributed by atoms with Crippen molar-refractivity contribution in [1.29, 1.82) is 0 Å². The number of rotatable bonds is 11. The van der Waals surface area contributed by atoms with E-state index in [0.29, 0.717) is 0 Å². The number of nitrogens with zero attached hydrogens (tertiary/aromatic N) is 1. The molecular weight excluding hydrogens is 432 g/mol. The lowest BCUT2D eigenvalue weighted by atomic mass is 9.92. The Kier molecular flexibility index (Phi) is 8.46. The van der Waals surface area contributed by atoms with E-state index in [-0.39, 0.29) is 56.3 Å². The summed E-state index contributed by atoms with van der Waals surface area (Å²) in [5.41, 5.74) is 4.61. The molecule has 2 amide bonds. The molecule has 1 atom stereocenters. The number of carbonyl (C=O) groups is 3. The highest BCUT2D eigenvalue weighted by atomic mass is 16.5. The number of ether oxygens (including phenoxy) is 1. The highest BCUT2D eigenvalue weighted by Crippen LogP contribution is 2.44. The topological polar surface area (TPSA) is 95.9 Å². The smallest absolute Gasteiger partial charge is 0.407 e. The van der Waals surface area contributed by atoms with Crippen molar-refractivity contribution in [1.82, 2.24) is 10.2 Å². The minimum Gasteiger partial charge on any atom is -0.480 e. The molecule has 1 unspecified atom stereocenters. The minimum atomic E-state index is -1.08. The van der Waals surface area contributed by atoms with Gasteiger partial charge in [0, 0.05) is 25.4 Å². The highest BCUT2D eigenvalue weighted by Gasteiger charge is 2.29. The maximum absolute atomic E-state index is 12.6. The molecule has 180 valence electrons. The summed E-state index contributed by atoms with van der Waals surface area (Å²) < 4.78 is 5.58. The van der Waals surface area contributed by atoms with Crippen LogP contribution in [0.5, 0.6) is 0 Å². The van der Waals surface area contributed by atoms with Crippen molar-refractivity contribution < 1.29 is 24.2 Å². The molecule has 0 aromatic heterocycles. The zero-order valence-electron chi connectivity index (χ0n) is 19.7. The number of fused-ring (bicyclic) bond motifs is 3. The van der Waals surface area contributed by atoms with Crippen molar-refractivity contribution in [3.8, 4) is 11.1 Å². The van der Waals surface area contributed by atoms with E-state index < -0.39 is 12.1 Å². The van der Waals surface area contributed by atoms with Crippen LogP contribution in [0.15, 0.2) is 61.2 Å². The number of carboxylic acid groups (broad SMARTS) is 1. The van der Waals surface area contributed by atoms with Crippen molar-refractivity contribution in [2.75, 3.05) is 26.2 Å². The molecule has 7 nitrogen and oxygen atoms in total. The molecule has 2 aromatic rings. The van der Waals surface area contributed by atoms with E-state index >= 15 is 0 Å². The number of hydrogen-bond donors (Lipinski definition) is 2. The fourth-order valence-electron chi connectivity index (χ4n) is 4.33. The van der Waals surface area contributed by atoms with E-state index in [1.54, 1.807) is 0 Å². The molecule has 0 spiro atoms. The summed E-state index contributed by atoms with van der Waals surface area (Å²) >= 11 is 0. The molecule has 0 fully saturated rings.